The maximum atomic E-state index is 14.2. The van der Waals surface area contributed by atoms with Gasteiger partial charge in [0.25, 0.3) is 0 Å². The molecule has 2 nitrogen and oxygen atoms in total. The van der Waals surface area contributed by atoms with Crippen molar-refractivity contribution in [3.8, 4) is 0 Å². The Morgan fingerprint density at radius 2 is 2.05 bits per heavy atom. The third-order valence-electron chi connectivity index (χ3n) is 3.39. The van der Waals surface area contributed by atoms with Gasteiger partial charge in [0.2, 0.25) is 0 Å². The third kappa shape index (κ3) is 3.25. The molecule has 0 spiro atoms. The van der Waals surface area contributed by atoms with E-state index < -0.39 is 0 Å². The number of hydrogen-bond acceptors (Lipinski definition) is 2. The largest absolute Gasteiger partial charge is 0.310 e. The predicted octanol–water partition coefficient (Wildman–Crippen LogP) is 4.44. The van der Waals surface area contributed by atoms with Crippen LogP contribution in [0.3, 0.4) is 0 Å². The third-order valence-corrected chi connectivity index (χ3v) is 4.08. The van der Waals surface area contributed by atoms with E-state index in [9.17, 15) is 4.39 Å². The first-order valence-electron chi connectivity index (χ1n) is 6.73. The average Bonchev–Trinajstić information content (AvgIpc) is 2.46. The van der Waals surface area contributed by atoms with Crippen LogP contribution in [0, 0.1) is 5.82 Å². The molecular weight excluding hydrogens is 319 g/mol. The van der Waals surface area contributed by atoms with Crippen LogP contribution in [0.5, 0.6) is 0 Å². The van der Waals surface area contributed by atoms with Gasteiger partial charge in [-0.2, -0.15) is 0 Å². The van der Waals surface area contributed by atoms with Crippen LogP contribution in [-0.4, -0.2) is 11.5 Å². The summed E-state index contributed by atoms with van der Waals surface area (Å²) in [6, 6.07) is 10.8. The van der Waals surface area contributed by atoms with Crippen LogP contribution in [0.25, 0.3) is 0 Å². The molecule has 4 heteroatoms. The monoisotopic (exact) mass is 336 g/mol. The second-order valence-electron chi connectivity index (χ2n) is 4.71. The summed E-state index contributed by atoms with van der Waals surface area (Å²) >= 11 is 3.46. The highest BCUT2D eigenvalue weighted by Gasteiger charge is 2.25. The van der Waals surface area contributed by atoms with E-state index in [2.05, 4.69) is 33.2 Å². The molecular formula is C16H18BrFN2. The van der Waals surface area contributed by atoms with Gasteiger partial charge in [0.1, 0.15) is 5.82 Å². The van der Waals surface area contributed by atoms with Crippen LogP contribution < -0.4 is 5.32 Å². The SMILES string of the molecule is CCNC(c1c(F)cccc1Br)C(C)c1ccccn1. The van der Waals surface area contributed by atoms with Crippen molar-refractivity contribution in [2.75, 3.05) is 6.54 Å². The molecule has 0 aliphatic heterocycles. The van der Waals surface area contributed by atoms with E-state index >= 15 is 0 Å². The Bertz CT molecular complexity index is 539. The molecule has 20 heavy (non-hydrogen) atoms. The van der Waals surface area contributed by atoms with Crippen molar-refractivity contribution in [1.29, 1.82) is 0 Å². The maximum Gasteiger partial charge on any atom is 0.129 e. The highest BCUT2D eigenvalue weighted by Crippen LogP contribution is 2.35. The highest BCUT2D eigenvalue weighted by molar-refractivity contribution is 9.10. The fourth-order valence-corrected chi connectivity index (χ4v) is 2.96. The molecule has 1 aromatic carbocycles. The van der Waals surface area contributed by atoms with Crippen LogP contribution in [0.1, 0.15) is 37.1 Å². The number of aromatic nitrogens is 1. The summed E-state index contributed by atoms with van der Waals surface area (Å²) in [5, 5.41) is 3.37. The normalized spacial score (nSPS) is 14.0. The second-order valence-corrected chi connectivity index (χ2v) is 5.57. The van der Waals surface area contributed by atoms with Gasteiger partial charge in [-0.1, -0.05) is 41.9 Å². The zero-order valence-corrected chi connectivity index (χ0v) is 13.2. The molecule has 0 aliphatic rings. The summed E-state index contributed by atoms with van der Waals surface area (Å²) in [6.45, 7) is 4.85. The van der Waals surface area contributed by atoms with Gasteiger partial charge in [-0.25, -0.2) is 4.39 Å². The van der Waals surface area contributed by atoms with Crippen LogP contribution >= 0.6 is 15.9 Å². The lowest BCUT2D eigenvalue weighted by molar-refractivity contribution is 0.448. The molecule has 0 fully saturated rings. The highest BCUT2D eigenvalue weighted by atomic mass is 79.9. The van der Waals surface area contributed by atoms with Crippen molar-refractivity contribution in [2.24, 2.45) is 0 Å². The molecule has 2 rings (SSSR count). The number of nitrogens with one attached hydrogen (secondary N) is 1. The second kappa shape index (κ2) is 6.95. The molecule has 2 atom stereocenters. The van der Waals surface area contributed by atoms with Crippen molar-refractivity contribution < 1.29 is 4.39 Å². The van der Waals surface area contributed by atoms with Gasteiger partial charge in [0.05, 0.1) is 0 Å². The van der Waals surface area contributed by atoms with Gasteiger partial charge < -0.3 is 5.32 Å². The number of likely N-dealkylation sites (N-methyl/N-ethyl adjacent to an activating group) is 1. The molecule has 0 radical (unpaired) electrons. The Morgan fingerprint density at radius 3 is 2.65 bits per heavy atom. The van der Waals surface area contributed by atoms with Gasteiger partial charge in [-0.3, -0.25) is 4.98 Å². The molecule has 0 saturated heterocycles. The Kier molecular flexibility index (Phi) is 5.26. The lowest BCUT2D eigenvalue weighted by Crippen LogP contribution is -2.27. The van der Waals surface area contributed by atoms with Crippen LogP contribution in [0.2, 0.25) is 0 Å². The lowest BCUT2D eigenvalue weighted by Gasteiger charge is -2.26. The zero-order valence-electron chi connectivity index (χ0n) is 11.6. The molecule has 1 aromatic heterocycles. The van der Waals surface area contributed by atoms with E-state index in [0.29, 0.717) is 5.56 Å². The molecule has 2 aromatic rings. The molecule has 0 amide bonds. The van der Waals surface area contributed by atoms with Crippen LogP contribution in [0.15, 0.2) is 47.1 Å². The predicted molar refractivity (Wildman–Crippen MR) is 83.2 cm³/mol. The first kappa shape index (κ1) is 15.1. The molecule has 1 heterocycles. The maximum absolute atomic E-state index is 14.2. The number of nitrogens with zero attached hydrogens (tertiary/aromatic N) is 1. The number of pyridine rings is 1. The minimum Gasteiger partial charge on any atom is -0.310 e. The van der Waals surface area contributed by atoms with Gasteiger partial charge >= 0.3 is 0 Å². The molecule has 0 bridgehead atoms. The average molecular weight is 337 g/mol. The summed E-state index contributed by atoms with van der Waals surface area (Å²) in [5.74, 6) is -0.127. The van der Waals surface area contributed by atoms with E-state index in [4.69, 9.17) is 0 Å². The van der Waals surface area contributed by atoms with E-state index in [-0.39, 0.29) is 17.8 Å². The summed E-state index contributed by atoms with van der Waals surface area (Å²) < 4.78 is 15.0. The topological polar surface area (TPSA) is 24.9 Å². The van der Waals surface area contributed by atoms with Crippen molar-refractivity contribution in [1.82, 2.24) is 10.3 Å². The Morgan fingerprint density at radius 1 is 1.25 bits per heavy atom. The molecule has 106 valence electrons. The standard InChI is InChI=1S/C16H18BrFN2/c1-3-19-16(11(2)14-9-4-5-10-20-14)15-12(17)7-6-8-13(15)18/h4-11,16,19H,3H2,1-2H3. The van der Waals surface area contributed by atoms with Crippen molar-refractivity contribution in [3.05, 3.63) is 64.1 Å². The minimum absolute atomic E-state index is 0.0735. The number of hydrogen-bond donors (Lipinski definition) is 1. The first-order valence-corrected chi connectivity index (χ1v) is 7.52. The Balaban J connectivity index is 2.41. The van der Waals surface area contributed by atoms with Crippen molar-refractivity contribution in [3.63, 3.8) is 0 Å². The lowest BCUT2D eigenvalue weighted by atomic mass is 9.91. The van der Waals surface area contributed by atoms with Crippen molar-refractivity contribution >= 4 is 15.9 Å². The van der Waals surface area contributed by atoms with Crippen LogP contribution in [-0.2, 0) is 0 Å². The number of halogens is 2. The van der Waals surface area contributed by atoms with Gasteiger partial charge in [0, 0.05) is 33.9 Å². The smallest absolute Gasteiger partial charge is 0.129 e. The van der Waals surface area contributed by atoms with E-state index in [1.807, 2.05) is 31.2 Å². The first-order chi connectivity index (χ1) is 9.65. The molecule has 0 saturated carbocycles. The van der Waals surface area contributed by atoms with Gasteiger partial charge in [0.15, 0.2) is 0 Å². The van der Waals surface area contributed by atoms with Crippen LogP contribution in [0.4, 0.5) is 4.39 Å². The fourth-order valence-electron chi connectivity index (χ4n) is 2.37. The van der Waals surface area contributed by atoms with E-state index in [0.717, 1.165) is 16.7 Å². The minimum atomic E-state index is -0.201. The van der Waals surface area contributed by atoms with Gasteiger partial charge in [-0.05, 0) is 30.8 Å². The quantitative estimate of drug-likeness (QED) is 0.873. The van der Waals surface area contributed by atoms with E-state index in [1.54, 1.807) is 12.3 Å². The van der Waals surface area contributed by atoms with Gasteiger partial charge in [-0.15, -0.1) is 0 Å². The Hall–Kier alpha value is -1.26. The Labute approximate surface area is 127 Å². The van der Waals surface area contributed by atoms with Crippen molar-refractivity contribution in [2.45, 2.75) is 25.8 Å². The summed E-state index contributed by atoms with van der Waals surface area (Å²) in [5.41, 5.74) is 1.61. The summed E-state index contributed by atoms with van der Waals surface area (Å²) in [7, 11) is 0. The molecule has 2 unspecified atom stereocenters. The summed E-state index contributed by atoms with van der Waals surface area (Å²) in [6.07, 6.45) is 1.77. The summed E-state index contributed by atoms with van der Waals surface area (Å²) in [4.78, 5) is 4.39. The fraction of sp³-hybridized carbons (Fsp3) is 0.312. The number of benzene rings is 1. The zero-order chi connectivity index (χ0) is 14.5. The number of rotatable bonds is 5. The molecule has 0 aliphatic carbocycles. The van der Waals surface area contributed by atoms with E-state index in [1.165, 1.54) is 6.07 Å². The molecule has 1 N–H and O–H groups in total.